The van der Waals surface area contributed by atoms with Crippen LogP contribution in [0.3, 0.4) is 0 Å². The summed E-state index contributed by atoms with van der Waals surface area (Å²) in [6, 6.07) is 41.3. The van der Waals surface area contributed by atoms with Crippen LogP contribution in [-0.2, 0) is 59.8 Å². The standard InChI is InChI=1S/C33H52O4Si2.C26H42O4Si2.C24H46O7Si2.C13H28O2Si2.CH4/c1-27-11-7-23-38(5,36-27)25-9-21-34-31-17-13-29(14-18-31)33(3,4)30-15-19-32(20-16-30)35-22-10-26-39(6)24-8-12-28(2)37-39;1-21-10-6-16-31(3,29-21)18-8-14-25(27)23-12-5-13-24(20-23)26(28)15-9-19-32(4)17-7-11-22(2)30-32;1-21-9-5-17-32(3,30-21)19-7-11-23(25)12-14-27-15-16-29-24(26)28-13-8-20-33(4)18-6-10-22(2)31-33;1-12-7-5-9-16(3,14-12)11-17(4)10-6-8-13(2)15-17;/h13-20,27-28H,7-12,21-26H2,1-6H3;5,12-13,20-22H,6-11,14-19H2,1-4H3;21-22H,5-20H2,1-4H3;12-13H,5-11H2,1-4H3;1H4. The molecule has 0 N–H and O–H groups in total. The quantitative estimate of drug-likeness (QED) is 0.0228. The van der Waals surface area contributed by atoms with E-state index in [9.17, 15) is 19.2 Å². The molecule has 0 spiro atoms. The van der Waals surface area contributed by atoms with Crippen molar-refractivity contribution in [1.82, 2.24) is 0 Å². The minimum absolute atomic E-state index is 0. The van der Waals surface area contributed by atoms with Gasteiger partial charge in [0.1, 0.15) is 23.9 Å². The molecule has 17 nitrogen and oxygen atoms in total. The predicted octanol–water partition coefficient (Wildman–Crippen LogP) is 26.8. The normalized spacial score (nSPS) is 31.8. The van der Waals surface area contributed by atoms with Gasteiger partial charge < -0.3 is 59.1 Å². The molecule has 0 bridgehead atoms. The molecule has 8 fully saturated rings. The summed E-state index contributed by atoms with van der Waals surface area (Å²) in [7, 11) is -12.5. The van der Waals surface area contributed by atoms with Gasteiger partial charge in [0.2, 0.25) is 0 Å². The lowest BCUT2D eigenvalue weighted by molar-refractivity contribution is -0.120. The maximum Gasteiger partial charge on any atom is 0.508 e. The molecule has 8 aliphatic rings. The fourth-order valence-corrected chi connectivity index (χ4v) is 54.1. The van der Waals surface area contributed by atoms with E-state index in [0.717, 1.165) is 113 Å². The molecule has 11 rings (SSSR count). The number of benzene rings is 3. The van der Waals surface area contributed by atoms with Crippen LogP contribution in [0.25, 0.3) is 0 Å². The van der Waals surface area contributed by atoms with Crippen LogP contribution in [-0.4, -0.2) is 179 Å². The second-order valence-electron chi connectivity index (χ2n) is 40.9. The van der Waals surface area contributed by atoms with Crippen molar-refractivity contribution < 1.29 is 78.3 Å². The Balaban J connectivity index is 0.000000230. The predicted molar refractivity (Wildman–Crippen MR) is 520 cm³/mol. The van der Waals surface area contributed by atoms with Gasteiger partial charge in [-0.05, 0) is 329 Å². The number of carbonyl (C=O) groups excluding carboxylic acids is 4. The molecule has 16 unspecified atom stereocenters. The molecule has 8 saturated heterocycles. The zero-order valence-corrected chi connectivity index (χ0v) is 87.2. The molecule has 0 radical (unpaired) electrons. The maximum atomic E-state index is 12.8. The van der Waals surface area contributed by atoms with E-state index in [-0.39, 0.29) is 43.4 Å². The van der Waals surface area contributed by atoms with Crippen molar-refractivity contribution >= 4 is 90.0 Å². The summed E-state index contributed by atoms with van der Waals surface area (Å²) in [5.74, 6) is 2.42. The largest absolute Gasteiger partial charge is 0.508 e. The molecule has 25 heteroatoms. The molecule has 16 atom stereocenters. The highest BCUT2D eigenvalue weighted by molar-refractivity contribution is 6.91. The smallest absolute Gasteiger partial charge is 0.494 e. The van der Waals surface area contributed by atoms with E-state index in [2.05, 4.69) is 170 Å². The summed E-state index contributed by atoms with van der Waals surface area (Å²) in [5.41, 5.74) is 5.15. The van der Waals surface area contributed by atoms with E-state index in [0.29, 0.717) is 98.9 Å². The molecule has 0 aromatic heterocycles. The van der Waals surface area contributed by atoms with E-state index >= 15 is 0 Å². The lowest BCUT2D eigenvalue weighted by atomic mass is 9.78. The number of rotatable bonds is 38. The van der Waals surface area contributed by atoms with Gasteiger partial charge in [-0.1, -0.05) is 115 Å². The fraction of sp³-hybridized carbons (Fsp3) is 0.773. The van der Waals surface area contributed by atoms with Crippen LogP contribution >= 0.6 is 0 Å². The van der Waals surface area contributed by atoms with Crippen molar-refractivity contribution in [2.24, 2.45) is 0 Å². The lowest BCUT2D eigenvalue weighted by Gasteiger charge is -2.43. The van der Waals surface area contributed by atoms with Gasteiger partial charge in [0.15, 0.2) is 78.1 Å². The number of Topliss-reactive ketones (excluding diaryl/α,β-unsaturated/α-hetero) is 3. The monoisotopic (exact) mass is 1830 g/mol. The summed E-state index contributed by atoms with van der Waals surface area (Å²) in [4.78, 5) is 49.3. The van der Waals surface area contributed by atoms with Gasteiger partial charge in [0, 0.05) is 91.1 Å². The Morgan fingerprint density at radius 3 is 0.934 bits per heavy atom. The first kappa shape index (κ1) is 106. The Hall–Kier alpha value is -3.08. The molecule has 0 saturated carbocycles. The first-order valence-corrected chi connectivity index (χ1v) is 70.9. The summed E-state index contributed by atoms with van der Waals surface area (Å²) < 4.78 is 78.2. The van der Waals surface area contributed by atoms with E-state index < -0.39 is 72.7 Å². The SMILES string of the molecule is C.CC1CCC[Si](C)(CCCC(=O)c2cccc(C(=O)CCC[Si]3(C)CCCC(C)O3)c2)O1.CC1CCC[Si](C)(CCCOC(=O)OCCOCCC(=O)CCC[Si]2(C)CCCC(C)O2)O1.CC1CCC[Si](C)(CCCOc2ccc(C(C)(C)c3ccc(OCCC[Si]4(C)CCCC(C)O4)cc3)cc2)O1.CC1CCC[Si](C)(C[Si]2(C)CCCC(C)O2)O1. The summed E-state index contributed by atoms with van der Waals surface area (Å²) in [5, 5.41) is 0. The Morgan fingerprint density at radius 2 is 0.615 bits per heavy atom. The number of ketones is 3. The highest BCUT2D eigenvalue weighted by atomic mass is 28.4. The first-order valence-electron chi connectivity index (χ1n) is 48.3. The van der Waals surface area contributed by atoms with Gasteiger partial charge in [-0.3, -0.25) is 14.4 Å². The lowest BCUT2D eigenvalue weighted by Crippen LogP contribution is -2.52. The molecule has 122 heavy (non-hydrogen) atoms. The van der Waals surface area contributed by atoms with Crippen LogP contribution in [0, 0.1) is 0 Å². The van der Waals surface area contributed by atoms with Crippen LogP contribution in [0.5, 0.6) is 11.5 Å². The van der Waals surface area contributed by atoms with Crippen LogP contribution in [0.2, 0.25) is 143 Å². The highest BCUT2D eigenvalue weighted by Gasteiger charge is 2.46. The third-order valence-corrected chi connectivity index (χ3v) is 61.0. The van der Waals surface area contributed by atoms with Crippen LogP contribution in [0.15, 0.2) is 72.8 Å². The average molecular weight is 1840 g/mol. The molecule has 0 aliphatic carbocycles. The van der Waals surface area contributed by atoms with Crippen molar-refractivity contribution in [2.45, 2.75) is 441 Å². The number of hydrogen-bond donors (Lipinski definition) is 0. The van der Waals surface area contributed by atoms with Crippen LogP contribution < -0.4 is 9.47 Å². The van der Waals surface area contributed by atoms with Gasteiger partial charge >= 0.3 is 6.16 Å². The molecule has 8 heterocycles. The van der Waals surface area contributed by atoms with Gasteiger partial charge in [0.05, 0.1) is 33.0 Å². The Kier molecular flexibility index (Phi) is 44.7. The van der Waals surface area contributed by atoms with Gasteiger partial charge in [0.25, 0.3) is 0 Å². The third-order valence-electron chi connectivity index (χ3n) is 27.5. The highest BCUT2D eigenvalue weighted by Crippen LogP contribution is 2.41. The van der Waals surface area contributed by atoms with E-state index in [4.69, 9.17) is 59.1 Å². The Labute approximate surface area is 750 Å². The molecule has 8 aliphatic heterocycles. The molecule has 3 aromatic carbocycles. The molecule has 3 aromatic rings. The molecule has 694 valence electrons. The van der Waals surface area contributed by atoms with Crippen molar-refractivity contribution in [3.05, 3.63) is 95.1 Å². The van der Waals surface area contributed by atoms with Crippen molar-refractivity contribution in [3.8, 4) is 11.5 Å². The van der Waals surface area contributed by atoms with Crippen molar-refractivity contribution in [3.63, 3.8) is 0 Å². The van der Waals surface area contributed by atoms with Gasteiger partial charge in [-0.25, -0.2) is 4.79 Å². The minimum Gasteiger partial charge on any atom is -0.494 e. The van der Waals surface area contributed by atoms with Gasteiger partial charge in [-0.2, -0.15) is 0 Å². The zero-order valence-electron chi connectivity index (χ0n) is 79.2. The van der Waals surface area contributed by atoms with E-state index in [1.807, 2.05) is 18.2 Å². The molecular formula is C97H172O17Si8. The summed E-state index contributed by atoms with van der Waals surface area (Å²) >= 11 is 0. The number of hydrogen-bond acceptors (Lipinski definition) is 17. The molecular weight excluding hydrogens is 1660 g/mol. The maximum absolute atomic E-state index is 12.8. The second kappa shape index (κ2) is 51.5. The Morgan fingerprint density at radius 1 is 0.336 bits per heavy atom. The average Bonchev–Trinajstić information content (AvgIpc) is 0.804. The van der Waals surface area contributed by atoms with Crippen molar-refractivity contribution in [1.29, 1.82) is 0 Å². The third kappa shape index (κ3) is 38.2. The van der Waals surface area contributed by atoms with Crippen molar-refractivity contribution in [2.75, 3.05) is 39.6 Å². The topological polar surface area (TPSA) is 188 Å². The van der Waals surface area contributed by atoms with E-state index in [1.54, 1.807) is 6.07 Å². The van der Waals surface area contributed by atoms with Crippen LogP contribution in [0.1, 0.15) is 275 Å². The summed E-state index contributed by atoms with van der Waals surface area (Å²) in [6.45, 7) is 43.7. The number of ether oxygens (including phenoxy) is 5. The second-order valence-corrected chi connectivity index (χ2v) is 74.4. The minimum atomic E-state index is -1.65. The molecule has 0 amide bonds. The first-order chi connectivity index (χ1) is 57.4. The number of carbonyl (C=O) groups is 4. The zero-order chi connectivity index (χ0) is 87.8. The van der Waals surface area contributed by atoms with Gasteiger partial charge in [-0.15, -0.1) is 0 Å². The Bertz CT molecular complexity index is 3400. The fourth-order valence-electron chi connectivity index (χ4n) is 20.8. The van der Waals surface area contributed by atoms with Crippen LogP contribution in [0.4, 0.5) is 4.79 Å². The van der Waals surface area contributed by atoms with E-state index in [1.165, 1.54) is 154 Å². The summed E-state index contributed by atoms with van der Waals surface area (Å²) in [6.07, 6.45) is 30.5.